The molecule has 0 spiro atoms. The van der Waals surface area contributed by atoms with Gasteiger partial charge in [0.15, 0.2) is 0 Å². The normalized spacial score (nSPS) is 26.9. The Kier molecular flexibility index (Phi) is 3.64. The van der Waals surface area contributed by atoms with E-state index >= 15 is 0 Å². The first-order chi connectivity index (χ1) is 8.06. The number of aromatic nitrogens is 1. The molecule has 4 nitrogen and oxygen atoms in total. The monoisotopic (exact) mass is 235 g/mol. The van der Waals surface area contributed by atoms with E-state index in [2.05, 4.69) is 29.8 Å². The Bertz CT molecular complexity index is 353. The van der Waals surface area contributed by atoms with Gasteiger partial charge in [0, 0.05) is 25.3 Å². The first kappa shape index (κ1) is 12.3. The van der Waals surface area contributed by atoms with Crippen molar-refractivity contribution in [2.75, 3.05) is 18.0 Å². The lowest BCUT2D eigenvalue weighted by Gasteiger charge is -2.36. The largest absolute Gasteiger partial charge is 0.372 e. The van der Waals surface area contributed by atoms with Gasteiger partial charge in [-0.3, -0.25) is 0 Å². The highest BCUT2D eigenvalue weighted by atomic mass is 16.5. The Balaban J connectivity index is 2.11. The lowest BCUT2D eigenvalue weighted by Crippen LogP contribution is -2.45. The molecule has 2 heterocycles. The van der Waals surface area contributed by atoms with Crippen LogP contribution in [0.15, 0.2) is 18.3 Å². The van der Waals surface area contributed by atoms with Crippen molar-refractivity contribution in [2.24, 2.45) is 5.73 Å². The van der Waals surface area contributed by atoms with E-state index in [1.807, 2.05) is 19.2 Å². The zero-order valence-corrected chi connectivity index (χ0v) is 10.8. The molecule has 1 aliphatic heterocycles. The number of pyridine rings is 1. The van der Waals surface area contributed by atoms with E-state index in [1.165, 1.54) is 0 Å². The molecule has 3 atom stereocenters. The molecule has 0 amide bonds. The lowest BCUT2D eigenvalue weighted by atomic mass is 10.1. The van der Waals surface area contributed by atoms with Gasteiger partial charge in [-0.25, -0.2) is 4.98 Å². The first-order valence-corrected chi connectivity index (χ1v) is 6.18. The third-order valence-electron chi connectivity index (χ3n) is 3.04. The number of ether oxygens (including phenoxy) is 1. The molecule has 4 heteroatoms. The molecule has 1 saturated heterocycles. The number of rotatable bonds is 2. The number of nitrogens with zero attached hydrogens (tertiary/aromatic N) is 2. The molecule has 1 aromatic rings. The predicted molar refractivity (Wildman–Crippen MR) is 69.1 cm³/mol. The Hall–Kier alpha value is -1.13. The summed E-state index contributed by atoms with van der Waals surface area (Å²) in [6.07, 6.45) is 2.38. The van der Waals surface area contributed by atoms with Crippen molar-refractivity contribution >= 4 is 5.82 Å². The predicted octanol–water partition coefficient (Wildman–Crippen LogP) is 1.71. The van der Waals surface area contributed by atoms with Crippen molar-refractivity contribution in [2.45, 2.75) is 39.0 Å². The summed E-state index contributed by atoms with van der Waals surface area (Å²) >= 11 is 0. The zero-order valence-electron chi connectivity index (χ0n) is 10.8. The summed E-state index contributed by atoms with van der Waals surface area (Å²) in [4.78, 5) is 6.75. The second-order valence-corrected chi connectivity index (χ2v) is 4.90. The van der Waals surface area contributed by atoms with Crippen LogP contribution in [-0.4, -0.2) is 30.3 Å². The van der Waals surface area contributed by atoms with Gasteiger partial charge in [0.2, 0.25) is 0 Å². The van der Waals surface area contributed by atoms with Gasteiger partial charge in [-0.2, -0.15) is 0 Å². The maximum atomic E-state index is 5.81. The molecule has 2 N–H and O–H groups in total. The van der Waals surface area contributed by atoms with Crippen LogP contribution in [0.1, 0.15) is 32.4 Å². The molecule has 1 fully saturated rings. The summed E-state index contributed by atoms with van der Waals surface area (Å²) in [5, 5.41) is 0. The molecular weight excluding hydrogens is 214 g/mol. The highest BCUT2D eigenvalue weighted by Gasteiger charge is 2.22. The van der Waals surface area contributed by atoms with Gasteiger partial charge in [-0.15, -0.1) is 0 Å². The lowest BCUT2D eigenvalue weighted by molar-refractivity contribution is -0.00545. The summed E-state index contributed by atoms with van der Waals surface area (Å²) in [6, 6.07) is 4.14. The summed E-state index contributed by atoms with van der Waals surface area (Å²) in [5.74, 6) is 1.01. The van der Waals surface area contributed by atoms with Crippen LogP contribution < -0.4 is 10.6 Å². The molecule has 0 bridgehead atoms. The van der Waals surface area contributed by atoms with Crippen LogP contribution in [0.25, 0.3) is 0 Å². The van der Waals surface area contributed by atoms with Gasteiger partial charge in [0.05, 0.1) is 12.2 Å². The van der Waals surface area contributed by atoms with Gasteiger partial charge in [-0.05, 0) is 32.4 Å². The molecule has 2 rings (SSSR count). The average Bonchev–Trinajstić information content (AvgIpc) is 2.28. The molecule has 0 unspecified atom stereocenters. The fraction of sp³-hybridized carbons (Fsp3) is 0.615. The van der Waals surface area contributed by atoms with Crippen LogP contribution in [0.4, 0.5) is 5.82 Å². The summed E-state index contributed by atoms with van der Waals surface area (Å²) in [7, 11) is 0. The Morgan fingerprint density at radius 3 is 2.47 bits per heavy atom. The standard InChI is InChI=1S/C13H21N3O/c1-9-7-16(8-10(2)17-9)13-5-4-12(6-15-13)11(3)14/h4-6,9-11H,7-8,14H2,1-3H3/t9-,10+,11-/m1/s1. The third-order valence-corrected chi connectivity index (χ3v) is 3.04. The van der Waals surface area contributed by atoms with Gasteiger partial charge >= 0.3 is 0 Å². The SMILES string of the molecule is C[C@@H]1CN(c2ccc([C@@H](C)N)cn2)C[C@H](C)O1. The molecule has 0 saturated carbocycles. The minimum absolute atomic E-state index is 0.0408. The van der Waals surface area contributed by atoms with Gasteiger partial charge in [0.1, 0.15) is 5.82 Å². The van der Waals surface area contributed by atoms with Crippen LogP contribution in [0, 0.1) is 0 Å². The summed E-state index contributed by atoms with van der Waals surface area (Å²) in [5.41, 5.74) is 6.89. The van der Waals surface area contributed by atoms with E-state index in [0.29, 0.717) is 0 Å². The van der Waals surface area contributed by atoms with Crippen molar-refractivity contribution in [3.63, 3.8) is 0 Å². The topological polar surface area (TPSA) is 51.4 Å². The minimum Gasteiger partial charge on any atom is -0.372 e. The zero-order chi connectivity index (χ0) is 12.4. The van der Waals surface area contributed by atoms with Crippen molar-refractivity contribution < 1.29 is 4.74 Å². The number of morpholine rings is 1. The van der Waals surface area contributed by atoms with Crippen LogP contribution in [0.3, 0.4) is 0 Å². The van der Waals surface area contributed by atoms with Crippen molar-refractivity contribution in [3.8, 4) is 0 Å². The Morgan fingerprint density at radius 1 is 1.35 bits per heavy atom. The fourth-order valence-electron chi connectivity index (χ4n) is 2.22. The summed E-state index contributed by atoms with van der Waals surface area (Å²) in [6.45, 7) is 7.96. The van der Waals surface area contributed by atoms with E-state index in [1.54, 1.807) is 0 Å². The number of hydrogen-bond acceptors (Lipinski definition) is 4. The molecule has 0 radical (unpaired) electrons. The minimum atomic E-state index is 0.0408. The van der Waals surface area contributed by atoms with Crippen molar-refractivity contribution in [1.29, 1.82) is 0 Å². The van der Waals surface area contributed by atoms with Crippen molar-refractivity contribution in [3.05, 3.63) is 23.9 Å². The second kappa shape index (κ2) is 5.02. The smallest absolute Gasteiger partial charge is 0.128 e. The molecular formula is C13H21N3O. The van der Waals surface area contributed by atoms with Gasteiger partial charge in [-0.1, -0.05) is 6.07 Å². The van der Waals surface area contributed by atoms with E-state index in [4.69, 9.17) is 10.5 Å². The molecule has 0 aliphatic carbocycles. The molecule has 1 aromatic heterocycles. The van der Waals surface area contributed by atoms with E-state index < -0.39 is 0 Å². The van der Waals surface area contributed by atoms with Crippen LogP contribution in [0.5, 0.6) is 0 Å². The molecule has 17 heavy (non-hydrogen) atoms. The molecule has 94 valence electrons. The average molecular weight is 235 g/mol. The Labute approximate surface area is 103 Å². The fourth-order valence-corrected chi connectivity index (χ4v) is 2.22. The van der Waals surface area contributed by atoms with Crippen molar-refractivity contribution in [1.82, 2.24) is 4.98 Å². The van der Waals surface area contributed by atoms with Crippen LogP contribution in [-0.2, 0) is 4.74 Å². The number of hydrogen-bond donors (Lipinski definition) is 1. The molecule has 0 aromatic carbocycles. The quantitative estimate of drug-likeness (QED) is 0.848. The third kappa shape index (κ3) is 2.96. The van der Waals surface area contributed by atoms with E-state index in [9.17, 15) is 0 Å². The van der Waals surface area contributed by atoms with Crippen LogP contribution >= 0.6 is 0 Å². The second-order valence-electron chi connectivity index (χ2n) is 4.90. The van der Waals surface area contributed by atoms with Crippen LogP contribution in [0.2, 0.25) is 0 Å². The van der Waals surface area contributed by atoms with E-state index in [-0.39, 0.29) is 18.2 Å². The Morgan fingerprint density at radius 2 is 2.00 bits per heavy atom. The molecule has 1 aliphatic rings. The maximum absolute atomic E-state index is 5.81. The van der Waals surface area contributed by atoms with Gasteiger partial charge < -0.3 is 15.4 Å². The highest BCUT2D eigenvalue weighted by molar-refractivity contribution is 5.40. The first-order valence-electron chi connectivity index (χ1n) is 6.18. The summed E-state index contributed by atoms with van der Waals surface area (Å²) < 4.78 is 5.71. The number of anilines is 1. The number of nitrogens with two attached hydrogens (primary N) is 1. The highest BCUT2D eigenvalue weighted by Crippen LogP contribution is 2.19. The van der Waals surface area contributed by atoms with Gasteiger partial charge in [0.25, 0.3) is 0 Å². The van der Waals surface area contributed by atoms with E-state index in [0.717, 1.165) is 24.5 Å². The maximum Gasteiger partial charge on any atom is 0.128 e.